The predicted molar refractivity (Wildman–Crippen MR) is 66.3 cm³/mol. The number of aliphatic hydroxyl groups is 1. The summed E-state index contributed by atoms with van der Waals surface area (Å²) in [5, 5.41) is 9.55. The first-order valence-electron chi connectivity index (χ1n) is 5.22. The SMILES string of the molecule is CS(=O)(=NC(N)=O)c1ccc([C@@H](O)CCF)cc1. The summed E-state index contributed by atoms with van der Waals surface area (Å²) in [5.74, 6) is 0. The first-order valence-corrected chi connectivity index (χ1v) is 7.14. The van der Waals surface area contributed by atoms with Crippen molar-refractivity contribution in [2.45, 2.75) is 17.4 Å². The van der Waals surface area contributed by atoms with Gasteiger partial charge in [-0.2, -0.15) is 0 Å². The number of carbonyl (C=O) groups excluding carboxylic acids is 1. The molecule has 2 amide bonds. The lowest BCUT2D eigenvalue weighted by Gasteiger charge is -2.10. The number of urea groups is 1. The average Bonchev–Trinajstić information content (AvgIpc) is 2.28. The molecule has 0 aliphatic rings. The summed E-state index contributed by atoms with van der Waals surface area (Å²) >= 11 is 0. The van der Waals surface area contributed by atoms with Crippen LogP contribution in [0.25, 0.3) is 0 Å². The summed E-state index contributed by atoms with van der Waals surface area (Å²) in [7, 11) is -2.87. The molecule has 100 valence electrons. The highest BCUT2D eigenvalue weighted by Gasteiger charge is 2.11. The number of carbonyl (C=O) groups is 1. The minimum absolute atomic E-state index is 0.00646. The molecule has 18 heavy (non-hydrogen) atoms. The Labute approximate surface area is 105 Å². The van der Waals surface area contributed by atoms with Crippen LogP contribution in [0.5, 0.6) is 0 Å². The lowest BCUT2D eigenvalue weighted by atomic mass is 10.1. The minimum atomic E-state index is -2.87. The number of primary amides is 1. The van der Waals surface area contributed by atoms with Gasteiger partial charge in [-0.05, 0) is 17.7 Å². The Morgan fingerprint density at radius 2 is 2.06 bits per heavy atom. The summed E-state index contributed by atoms with van der Waals surface area (Å²) in [6.45, 7) is -0.621. The number of hydrogen-bond acceptors (Lipinski definition) is 3. The standard InChI is InChI=1S/C11H15FN2O3S/c1-18(17,14-11(13)16)9-4-2-8(3-5-9)10(15)6-7-12/h2-5,10,15H,6-7H2,1H3,(H2,13,16)/t10-,18?/m0/s1. The number of alkyl halides is 1. The monoisotopic (exact) mass is 274 g/mol. The Hall–Kier alpha value is -1.47. The number of aliphatic hydroxyl groups excluding tert-OH is 1. The highest BCUT2D eigenvalue weighted by molar-refractivity contribution is 7.93. The van der Waals surface area contributed by atoms with E-state index in [4.69, 9.17) is 5.73 Å². The van der Waals surface area contributed by atoms with Crippen LogP contribution in [0.2, 0.25) is 0 Å². The van der Waals surface area contributed by atoms with E-state index in [1.165, 1.54) is 30.5 Å². The van der Waals surface area contributed by atoms with E-state index in [1.807, 2.05) is 0 Å². The zero-order valence-corrected chi connectivity index (χ0v) is 10.7. The van der Waals surface area contributed by atoms with E-state index < -0.39 is 28.5 Å². The third kappa shape index (κ3) is 3.78. The summed E-state index contributed by atoms with van der Waals surface area (Å²) < 4.78 is 27.4. The first-order chi connectivity index (χ1) is 8.36. The number of rotatable bonds is 4. The summed E-state index contributed by atoms with van der Waals surface area (Å²) in [5.41, 5.74) is 5.39. The molecule has 0 aliphatic heterocycles. The van der Waals surface area contributed by atoms with Gasteiger partial charge in [0.15, 0.2) is 0 Å². The largest absolute Gasteiger partial charge is 0.388 e. The number of halogens is 1. The number of hydrogen-bond donors (Lipinski definition) is 2. The summed E-state index contributed by atoms with van der Waals surface area (Å²) in [6, 6.07) is 5.01. The molecule has 0 bridgehead atoms. The van der Waals surface area contributed by atoms with Gasteiger partial charge < -0.3 is 10.8 Å². The van der Waals surface area contributed by atoms with Crippen molar-refractivity contribution in [3.05, 3.63) is 29.8 Å². The number of amides is 2. The third-order valence-corrected chi connectivity index (χ3v) is 4.02. The van der Waals surface area contributed by atoms with Gasteiger partial charge in [0.25, 0.3) is 0 Å². The van der Waals surface area contributed by atoms with Crippen LogP contribution in [0.3, 0.4) is 0 Å². The molecule has 2 atom stereocenters. The van der Waals surface area contributed by atoms with Crippen molar-refractivity contribution < 1.29 is 18.5 Å². The molecular weight excluding hydrogens is 259 g/mol. The van der Waals surface area contributed by atoms with Gasteiger partial charge in [0.05, 0.1) is 22.5 Å². The van der Waals surface area contributed by atoms with Crippen LogP contribution >= 0.6 is 0 Å². The van der Waals surface area contributed by atoms with Crippen molar-refractivity contribution in [3.63, 3.8) is 0 Å². The van der Waals surface area contributed by atoms with Crippen molar-refractivity contribution in [2.75, 3.05) is 12.9 Å². The molecule has 0 heterocycles. The maximum atomic E-state index is 12.1. The van der Waals surface area contributed by atoms with E-state index in [0.717, 1.165) is 0 Å². The fourth-order valence-electron chi connectivity index (χ4n) is 1.44. The summed E-state index contributed by atoms with van der Waals surface area (Å²) in [6.07, 6.45) is 0.405. The second kappa shape index (κ2) is 5.92. The Bertz CT molecular complexity index is 536. The molecule has 0 aliphatic carbocycles. The third-order valence-electron chi connectivity index (χ3n) is 2.35. The Balaban J connectivity index is 3.03. The molecule has 0 radical (unpaired) electrons. The fourth-order valence-corrected chi connectivity index (χ4v) is 2.53. The summed E-state index contributed by atoms with van der Waals surface area (Å²) in [4.78, 5) is 11.0. The van der Waals surface area contributed by atoms with Gasteiger partial charge in [-0.15, -0.1) is 4.36 Å². The van der Waals surface area contributed by atoms with E-state index in [9.17, 15) is 18.5 Å². The molecule has 1 unspecified atom stereocenters. The minimum Gasteiger partial charge on any atom is -0.388 e. The molecule has 0 saturated carbocycles. The Morgan fingerprint density at radius 1 is 1.50 bits per heavy atom. The molecule has 7 heteroatoms. The van der Waals surface area contributed by atoms with Crippen LogP contribution < -0.4 is 5.73 Å². The maximum absolute atomic E-state index is 12.1. The van der Waals surface area contributed by atoms with Crippen LogP contribution in [-0.2, 0) is 9.73 Å². The molecule has 0 saturated heterocycles. The second-order valence-corrected chi connectivity index (χ2v) is 6.05. The highest BCUT2D eigenvalue weighted by Crippen LogP contribution is 2.19. The van der Waals surface area contributed by atoms with E-state index in [2.05, 4.69) is 4.36 Å². The molecule has 0 fully saturated rings. The molecule has 0 aromatic heterocycles. The van der Waals surface area contributed by atoms with Crippen LogP contribution in [0.15, 0.2) is 33.5 Å². The quantitative estimate of drug-likeness (QED) is 0.873. The van der Waals surface area contributed by atoms with Crippen molar-refractivity contribution in [1.82, 2.24) is 0 Å². The molecular formula is C11H15FN2O3S. The van der Waals surface area contributed by atoms with Gasteiger partial charge in [0.1, 0.15) is 0 Å². The Morgan fingerprint density at radius 3 is 2.50 bits per heavy atom. The van der Waals surface area contributed by atoms with Crippen LogP contribution in [0.1, 0.15) is 18.1 Å². The lowest BCUT2D eigenvalue weighted by Crippen LogP contribution is -2.09. The van der Waals surface area contributed by atoms with E-state index >= 15 is 0 Å². The van der Waals surface area contributed by atoms with Gasteiger partial charge in [0.2, 0.25) is 0 Å². The van der Waals surface area contributed by atoms with Crippen molar-refractivity contribution in [2.24, 2.45) is 10.1 Å². The number of nitrogens with two attached hydrogens (primary N) is 1. The van der Waals surface area contributed by atoms with E-state index in [-0.39, 0.29) is 6.42 Å². The van der Waals surface area contributed by atoms with Gasteiger partial charge in [-0.25, -0.2) is 9.00 Å². The first kappa shape index (κ1) is 14.6. The van der Waals surface area contributed by atoms with Crippen molar-refractivity contribution >= 4 is 15.8 Å². The highest BCUT2D eigenvalue weighted by atomic mass is 32.2. The van der Waals surface area contributed by atoms with Gasteiger partial charge in [-0.3, -0.25) is 4.39 Å². The zero-order chi connectivity index (χ0) is 13.8. The van der Waals surface area contributed by atoms with Crippen LogP contribution in [0.4, 0.5) is 9.18 Å². The van der Waals surface area contributed by atoms with E-state index in [0.29, 0.717) is 10.5 Å². The normalized spacial score (nSPS) is 15.7. The van der Waals surface area contributed by atoms with E-state index in [1.54, 1.807) is 0 Å². The fraction of sp³-hybridized carbons (Fsp3) is 0.364. The molecule has 5 nitrogen and oxygen atoms in total. The molecule has 3 N–H and O–H groups in total. The van der Waals surface area contributed by atoms with Crippen LogP contribution in [0, 0.1) is 0 Å². The second-order valence-electron chi connectivity index (χ2n) is 3.79. The van der Waals surface area contributed by atoms with Crippen molar-refractivity contribution in [1.29, 1.82) is 0 Å². The lowest BCUT2D eigenvalue weighted by molar-refractivity contribution is 0.156. The van der Waals surface area contributed by atoms with Gasteiger partial charge in [0, 0.05) is 17.6 Å². The zero-order valence-electron chi connectivity index (χ0n) is 9.88. The number of nitrogens with zero attached hydrogens (tertiary/aromatic N) is 1. The van der Waals surface area contributed by atoms with Gasteiger partial charge in [-0.1, -0.05) is 12.1 Å². The van der Waals surface area contributed by atoms with Crippen molar-refractivity contribution in [3.8, 4) is 0 Å². The smallest absolute Gasteiger partial charge is 0.346 e. The molecule has 1 aromatic carbocycles. The topological polar surface area (TPSA) is 92.8 Å². The number of benzene rings is 1. The molecule has 1 aromatic rings. The molecule has 1 rings (SSSR count). The Kier molecular flexibility index (Phi) is 4.80. The van der Waals surface area contributed by atoms with Crippen LogP contribution in [-0.4, -0.2) is 28.3 Å². The predicted octanol–water partition coefficient (Wildman–Crippen LogP) is 1.62. The molecule has 0 spiro atoms. The van der Waals surface area contributed by atoms with Gasteiger partial charge >= 0.3 is 6.03 Å². The maximum Gasteiger partial charge on any atom is 0.346 e. The average molecular weight is 274 g/mol.